The summed E-state index contributed by atoms with van der Waals surface area (Å²) >= 11 is 0. The van der Waals surface area contributed by atoms with Gasteiger partial charge in [0.15, 0.2) is 0 Å². The number of hydrogen-bond acceptors (Lipinski definition) is 5. The van der Waals surface area contributed by atoms with E-state index in [1.54, 1.807) is 18.2 Å². The van der Waals surface area contributed by atoms with E-state index in [9.17, 15) is 8.42 Å². The molecule has 0 unspecified atom stereocenters. The number of piperidine rings is 1. The maximum Gasteiger partial charge on any atom is 0.242 e. The first-order chi connectivity index (χ1) is 13.4. The molecule has 1 aliphatic rings. The molecule has 28 heavy (non-hydrogen) atoms. The van der Waals surface area contributed by atoms with Crippen LogP contribution in [0.25, 0.3) is 22.2 Å². The van der Waals surface area contributed by atoms with E-state index in [4.69, 9.17) is 4.98 Å². The van der Waals surface area contributed by atoms with Crippen LogP contribution in [-0.4, -0.2) is 49.9 Å². The Bertz CT molecular complexity index is 1110. The maximum absolute atomic E-state index is 12.4. The van der Waals surface area contributed by atoms with E-state index in [0.29, 0.717) is 0 Å². The van der Waals surface area contributed by atoms with Crippen molar-refractivity contribution in [3.05, 3.63) is 48.7 Å². The van der Waals surface area contributed by atoms with Crippen molar-refractivity contribution in [2.45, 2.75) is 24.2 Å². The standard InChI is InChI=1S/C21H24N4O2S/c1-24(2)28(26,27)18-8-6-7-16(13-18)17-9-10-19-20(14-17)23-21(15-22-19)25-11-4-3-5-12-25/h6-10,13-15H,3-5,11-12H2,1-2H3. The van der Waals surface area contributed by atoms with Gasteiger partial charge in [-0.15, -0.1) is 0 Å². The van der Waals surface area contributed by atoms with Crippen LogP contribution in [0.5, 0.6) is 0 Å². The minimum Gasteiger partial charge on any atom is -0.355 e. The minimum atomic E-state index is -3.47. The Kier molecular flexibility index (Phi) is 5.03. The first-order valence-corrected chi connectivity index (χ1v) is 10.9. The molecule has 7 heteroatoms. The van der Waals surface area contributed by atoms with Crippen molar-refractivity contribution in [3.8, 4) is 11.1 Å². The molecule has 0 atom stereocenters. The van der Waals surface area contributed by atoms with E-state index in [2.05, 4.69) is 9.88 Å². The smallest absolute Gasteiger partial charge is 0.242 e. The molecule has 0 N–H and O–H groups in total. The topological polar surface area (TPSA) is 66.4 Å². The molecule has 0 spiro atoms. The molecule has 2 aromatic carbocycles. The average molecular weight is 397 g/mol. The number of fused-ring (bicyclic) bond motifs is 1. The molecule has 146 valence electrons. The predicted octanol–water partition coefficient (Wildman–Crippen LogP) is 3.54. The van der Waals surface area contributed by atoms with Crippen molar-refractivity contribution in [2.24, 2.45) is 0 Å². The van der Waals surface area contributed by atoms with Crippen molar-refractivity contribution in [3.63, 3.8) is 0 Å². The van der Waals surface area contributed by atoms with Crippen LogP contribution in [-0.2, 0) is 10.0 Å². The SMILES string of the molecule is CN(C)S(=O)(=O)c1cccc(-c2ccc3ncc(N4CCCCC4)nc3c2)c1. The van der Waals surface area contributed by atoms with Gasteiger partial charge in [0.1, 0.15) is 5.82 Å². The summed E-state index contributed by atoms with van der Waals surface area (Å²) in [6.07, 6.45) is 5.49. The normalized spacial score (nSPS) is 15.3. The summed E-state index contributed by atoms with van der Waals surface area (Å²) in [7, 11) is -0.398. The Morgan fingerprint density at radius 1 is 0.929 bits per heavy atom. The van der Waals surface area contributed by atoms with Crippen LogP contribution in [0.4, 0.5) is 5.82 Å². The molecule has 0 amide bonds. The van der Waals surface area contributed by atoms with E-state index in [-0.39, 0.29) is 4.90 Å². The molecule has 0 saturated carbocycles. The molecule has 0 radical (unpaired) electrons. The molecule has 1 fully saturated rings. The second-order valence-corrected chi connectivity index (χ2v) is 9.45. The lowest BCUT2D eigenvalue weighted by atomic mass is 10.1. The predicted molar refractivity (Wildman–Crippen MR) is 112 cm³/mol. The van der Waals surface area contributed by atoms with E-state index < -0.39 is 10.0 Å². The minimum absolute atomic E-state index is 0.281. The highest BCUT2D eigenvalue weighted by Gasteiger charge is 2.18. The Hall–Kier alpha value is -2.51. The Morgan fingerprint density at radius 2 is 1.68 bits per heavy atom. The summed E-state index contributed by atoms with van der Waals surface area (Å²) < 4.78 is 26.1. The second-order valence-electron chi connectivity index (χ2n) is 7.29. The van der Waals surface area contributed by atoms with Crippen LogP contribution in [0.2, 0.25) is 0 Å². The van der Waals surface area contributed by atoms with Crippen LogP contribution >= 0.6 is 0 Å². The lowest BCUT2D eigenvalue weighted by molar-refractivity contribution is 0.521. The maximum atomic E-state index is 12.4. The van der Waals surface area contributed by atoms with Crippen LogP contribution in [0.1, 0.15) is 19.3 Å². The van der Waals surface area contributed by atoms with Gasteiger partial charge in [0.25, 0.3) is 0 Å². The summed E-state index contributed by atoms with van der Waals surface area (Å²) in [6, 6.07) is 12.9. The Balaban J connectivity index is 1.73. The second kappa shape index (κ2) is 7.48. The van der Waals surface area contributed by atoms with Crippen LogP contribution in [0, 0.1) is 0 Å². The van der Waals surface area contributed by atoms with Gasteiger partial charge in [-0.2, -0.15) is 0 Å². The van der Waals surface area contributed by atoms with Gasteiger partial charge in [-0.3, -0.25) is 4.98 Å². The number of nitrogens with zero attached hydrogens (tertiary/aromatic N) is 4. The highest BCUT2D eigenvalue weighted by molar-refractivity contribution is 7.89. The largest absolute Gasteiger partial charge is 0.355 e. The number of anilines is 1. The fraction of sp³-hybridized carbons (Fsp3) is 0.333. The quantitative estimate of drug-likeness (QED) is 0.675. The average Bonchev–Trinajstić information content (AvgIpc) is 2.73. The molecule has 3 aromatic rings. The van der Waals surface area contributed by atoms with Crippen molar-refractivity contribution >= 4 is 26.9 Å². The van der Waals surface area contributed by atoms with E-state index >= 15 is 0 Å². The molecule has 1 aliphatic heterocycles. The number of hydrogen-bond donors (Lipinski definition) is 0. The molecular weight excluding hydrogens is 372 g/mol. The molecule has 2 heterocycles. The van der Waals surface area contributed by atoms with Gasteiger partial charge in [0, 0.05) is 27.2 Å². The van der Waals surface area contributed by atoms with Gasteiger partial charge in [-0.1, -0.05) is 18.2 Å². The summed E-state index contributed by atoms with van der Waals surface area (Å²) in [6.45, 7) is 2.04. The third-order valence-corrected chi connectivity index (χ3v) is 6.97. The zero-order valence-electron chi connectivity index (χ0n) is 16.2. The third kappa shape index (κ3) is 3.59. The van der Waals surface area contributed by atoms with Crippen molar-refractivity contribution in [2.75, 3.05) is 32.1 Å². The van der Waals surface area contributed by atoms with Gasteiger partial charge < -0.3 is 4.90 Å². The fourth-order valence-electron chi connectivity index (χ4n) is 3.50. The van der Waals surface area contributed by atoms with Crippen LogP contribution in [0.3, 0.4) is 0 Å². The molecule has 1 saturated heterocycles. The van der Waals surface area contributed by atoms with Crippen molar-refractivity contribution in [1.82, 2.24) is 14.3 Å². The number of sulfonamides is 1. The summed E-state index contributed by atoms with van der Waals surface area (Å²) in [5, 5.41) is 0. The number of rotatable bonds is 4. The molecule has 4 rings (SSSR count). The van der Waals surface area contributed by atoms with E-state index in [1.807, 2.05) is 30.5 Å². The van der Waals surface area contributed by atoms with Gasteiger partial charge in [0.2, 0.25) is 10.0 Å². The summed E-state index contributed by atoms with van der Waals surface area (Å²) in [5.74, 6) is 0.910. The van der Waals surface area contributed by atoms with Gasteiger partial charge in [-0.05, 0) is 54.7 Å². The monoisotopic (exact) mass is 396 g/mol. The van der Waals surface area contributed by atoms with E-state index in [1.165, 1.54) is 37.7 Å². The summed E-state index contributed by atoms with van der Waals surface area (Å²) in [5.41, 5.74) is 3.42. The Labute approximate surface area is 165 Å². The van der Waals surface area contributed by atoms with Crippen molar-refractivity contribution < 1.29 is 8.42 Å². The highest BCUT2D eigenvalue weighted by Crippen LogP contribution is 2.27. The molecular formula is C21H24N4O2S. The Morgan fingerprint density at radius 3 is 2.43 bits per heavy atom. The molecule has 0 bridgehead atoms. The first-order valence-electron chi connectivity index (χ1n) is 9.50. The highest BCUT2D eigenvalue weighted by atomic mass is 32.2. The van der Waals surface area contributed by atoms with Gasteiger partial charge in [-0.25, -0.2) is 17.7 Å². The number of aromatic nitrogens is 2. The number of benzene rings is 2. The van der Waals surface area contributed by atoms with Gasteiger partial charge >= 0.3 is 0 Å². The molecule has 1 aromatic heterocycles. The van der Waals surface area contributed by atoms with Crippen LogP contribution in [0.15, 0.2) is 53.6 Å². The first kappa shape index (κ1) is 18.8. The van der Waals surface area contributed by atoms with E-state index in [0.717, 1.165) is 41.1 Å². The lowest BCUT2D eigenvalue weighted by Crippen LogP contribution is -2.30. The zero-order chi connectivity index (χ0) is 19.7. The molecule has 6 nitrogen and oxygen atoms in total. The zero-order valence-corrected chi connectivity index (χ0v) is 17.0. The van der Waals surface area contributed by atoms with Crippen molar-refractivity contribution in [1.29, 1.82) is 0 Å². The molecule has 0 aliphatic carbocycles. The third-order valence-electron chi connectivity index (χ3n) is 5.16. The van der Waals surface area contributed by atoms with Gasteiger partial charge in [0.05, 0.1) is 22.1 Å². The lowest BCUT2D eigenvalue weighted by Gasteiger charge is -2.27. The fourth-order valence-corrected chi connectivity index (χ4v) is 4.45. The van der Waals surface area contributed by atoms with Crippen LogP contribution < -0.4 is 4.90 Å². The summed E-state index contributed by atoms with van der Waals surface area (Å²) in [4.78, 5) is 12.0.